The molecule has 1 aromatic rings. The first-order chi connectivity index (χ1) is 9.08. The van der Waals surface area contributed by atoms with E-state index in [-0.39, 0.29) is 11.3 Å². The molecule has 2 unspecified atom stereocenters. The van der Waals surface area contributed by atoms with Crippen molar-refractivity contribution in [3.8, 4) is 18.2 Å². The van der Waals surface area contributed by atoms with Crippen LogP contribution >= 0.6 is 0 Å². The molecule has 1 saturated heterocycles. The fourth-order valence-electron chi connectivity index (χ4n) is 1.77. The molecule has 0 saturated carbocycles. The maximum Gasteiger partial charge on any atom is 0.227 e. The fraction of sp³-hybridized carbons (Fsp3) is 0.154. The van der Waals surface area contributed by atoms with Gasteiger partial charge in [-0.1, -0.05) is 12.1 Å². The molecule has 0 aromatic heterocycles. The average molecular weight is 254 g/mol. The van der Waals surface area contributed by atoms with Gasteiger partial charge in [-0.2, -0.15) is 15.8 Å². The SMILES string of the molecule is N#CC(C#N)=C(N)C1(C#N)OC1c1ccc(F)cc1. The molecule has 0 amide bonds. The number of nitrogens with zero attached hydrogens (tertiary/aromatic N) is 3. The lowest BCUT2D eigenvalue weighted by molar-refractivity contribution is 0.356. The number of allylic oxidation sites excluding steroid dienone is 1. The summed E-state index contributed by atoms with van der Waals surface area (Å²) in [7, 11) is 0. The van der Waals surface area contributed by atoms with E-state index in [0.717, 1.165) is 0 Å². The molecule has 92 valence electrons. The van der Waals surface area contributed by atoms with Crippen LogP contribution in [0.25, 0.3) is 0 Å². The Morgan fingerprint density at radius 3 is 2.26 bits per heavy atom. The highest BCUT2D eigenvalue weighted by Gasteiger charge is 2.61. The van der Waals surface area contributed by atoms with E-state index >= 15 is 0 Å². The highest BCUT2D eigenvalue weighted by molar-refractivity contribution is 5.51. The first-order valence-electron chi connectivity index (χ1n) is 5.24. The van der Waals surface area contributed by atoms with Gasteiger partial charge in [-0.15, -0.1) is 0 Å². The molecule has 19 heavy (non-hydrogen) atoms. The van der Waals surface area contributed by atoms with Gasteiger partial charge in [0, 0.05) is 0 Å². The van der Waals surface area contributed by atoms with Crippen molar-refractivity contribution in [2.75, 3.05) is 0 Å². The van der Waals surface area contributed by atoms with Gasteiger partial charge in [0.15, 0.2) is 5.57 Å². The van der Waals surface area contributed by atoms with Crippen molar-refractivity contribution in [3.05, 3.63) is 46.9 Å². The third-order valence-corrected chi connectivity index (χ3v) is 2.85. The lowest BCUT2D eigenvalue weighted by atomic mass is 9.95. The maximum absolute atomic E-state index is 12.8. The zero-order valence-electron chi connectivity index (χ0n) is 9.59. The third-order valence-electron chi connectivity index (χ3n) is 2.85. The van der Waals surface area contributed by atoms with E-state index in [0.29, 0.717) is 5.56 Å². The number of nitriles is 3. The minimum Gasteiger partial charge on any atom is -0.397 e. The molecule has 5 nitrogen and oxygen atoms in total. The number of benzene rings is 1. The van der Waals surface area contributed by atoms with Crippen molar-refractivity contribution in [3.63, 3.8) is 0 Å². The van der Waals surface area contributed by atoms with Gasteiger partial charge in [0.05, 0.1) is 5.70 Å². The molecule has 0 radical (unpaired) electrons. The third kappa shape index (κ3) is 1.89. The molecule has 0 aliphatic carbocycles. The summed E-state index contributed by atoms with van der Waals surface area (Å²) in [4.78, 5) is 0. The maximum atomic E-state index is 12.8. The first-order valence-corrected chi connectivity index (χ1v) is 5.24. The summed E-state index contributed by atoms with van der Waals surface area (Å²) in [5, 5.41) is 26.7. The van der Waals surface area contributed by atoms with Crippen molar-refractivity contribution >= 4 is 0 Å². The summed E-state index contributed by atoms with van der Waals surface area (Å²) >= 11 is 0. The Kier molecular flexibility index (Phi) is 2.92. The van der Waals surface area contributed by atoms with E-state index < -0.39 is 17.5 Å². The quantitative estimate of drug-likeness (QED) is 0.633. The summed E-state index contributed by atoms with van der Waals surface area (Å²) in [5.74, 6) is -0.412. The van der Waals surface area contributed by atoms with Crippen molar-refractivity contribution in [2.45, 2.75) is 11.7 Å². The lowest BCUT2D eigenvalue weighted by Gasteiger charge is -2.04. The Balaban J connectivity index is 2.40. The highest BCUT2D eigenvalue weighted by Crippen LogP contribution is 2.52. The molecule has 1 aromatic carbocycles. The van der Waals surface area contributed by atoms with Crippen LogP contribution in [0.3, 0.4) is 0 Å². The van der Waals surface area contributed by atoms with Crippen LogP contribution in [0.4, 0.5) is 4.39 Å². The molecule has 1 aliphatic rings. The second kappa shape index (κ2) is 4.42. The van der Waals surface area contributed by atoms with Crippen LogP contribution in [-0.4, -0.2) is 5.60 Å². The molecule has 1 heterocycles. The van der Waals surface area contributed by atoms with Gasteiger partial charge < -0.3 is 10.5 Å². The molecular formula is C13H7FN4O. The van der Waals surface area contributed by atoms with Crippen LogP contribution in [0.2, 0.25) is 0 Å². The Labute approximate surface area is 108 Å². The number of ether oxygens (including phenoxy) is 1. The number of nitrogens with two attached hydrogens (primary N) is 1. The van der Waals surface area contributed by atoms with Crippen molar-refractivity contribution in [1.29, 1.82) is 15.8 Å². The molecule has 1 aliphatic heterocycles. The molecule has 0 spiro atoms. The second-order valence-electron chi connectivity index (χ2n) is 3.91. The monoisotopic (exact) mass is 254 g/mol. The molecule has 0 bridgehead atoms. The molecule has 6 heteroatoms. The van der Waals surface area contributed by atoms with E-state index in [1.165, 1.54) is 24.3 Å². The summed E-state index contributed by atoms with van der Waals surface area (Å²) in [6.07, 6.45) is -0.699. The highest BCUT2D eigenvalue weighted by atomic mass is 19.1. The largest absolute Gasteiger partial charge is 0.397 e. The smallest absolute Gasteiger partial charge is 0.227 e. The van der Waals surface area contributed by atoms with E-state index in [4.69, 9.17) is 21.0 Å². The van der Waals surface area contributed by atoms with Crippen LogP contribution in [0.1, 0.15) is 11.7 Å². The second-order valence-corrected chi connectivity index (χ2v) is 3.91. The van der Waals surface area contributed by atoms with Gasteiger partial charge in [-0.3, -0.25) is 0 Å². The van der Waals surface area contributed by atoms with E-state index in [9.17, 15) is 9.65 Å². The first kappa shape index (κ1) is 12.6. The molecule has 2 N–H and O–H groups in total. The predicted molar refractivity (Wildman–Crippen MR) is 61.0 cm³/mol. The number of halogens is 1. The van der Waals surface area contributed by atoms with Gasteiger partial charge >= 0.3 is 0 Å². The number of hydrogen-bond donors (Lipinski definition) is 1. The lowest BCUT2D eigenvalue weighted by Crippen LogP contribution is -2.22. The fourth-order valence-corrected chi connectivity index (χ4v) is 1.77. The average Bonchev–Trinajstić information content (AvgIpc) is 3.17. The molecule has 2 atom stereocenters. The minimum absolute atomic E-state index is 0.214. The van der Waals surface area contributed by atoms with Crippen LogP contribution < -0.4 is 5.73 Å². The molecule has 1 fully saturated rings. The topological polar surface area (TPSA) is 110 Å². The zero-order chi connectivity index (χ0) is 14.0. The summed E-state index contributed by atoms with van der Waals surface area (Å²) in [5.41, 5.74) is 4.13. The number of epoxide rings is 1. The Bertz CT molecular complexity index is 659. The summed E-state index contributed by atoms with van der Waals surface area (Å²) in [6.45, 7) is 0. The van der Waals surface area contributed by atoms with Crippen molar-refractivity contribution < 1.29 is 9.13 Å². The standard InChI is InChI=1S/C13H7FN4O/c14-10-3-1-8(2-4-10)12-13(7-17,19-12)11(18)9(5-15)6-16/h1-4,12H,18H2. The Hall–Kier alpha value is -2.88. The van der Waals surface area contributed by atoms with Gasteiger partial charge in [-0.05, 0) is 17.7 Å². The van der Waals surface area contributed by atoms with Gasteiger partial charge in [0.2, 0.25) is 5.60 Å². The van der Waals surface area contributed by atoms with Gasteiger partial charge in [0.25, 0.3) is 0 Å². The van der Waals surface area contributed by atoms with E-state index in [2.05, 4.69) is 0 Å². The Morgan fingerprint density at radius 1 is 1.21 bits per heavy atom. The van der Waals surface area contributed by atoms with Crippen LogP contribution in [0.5, 0.6) is 0 Å². The summed E-state index contributed by atoms with van der Waals surface area (Å²) in [6, 6.07) is 10.5. The van der Waals surface area contributed by atoms with E-state index in [1.807, 2.05) is 6.07 Å². The summed E-state index contributed by atoms with van der Waals surface area (Å²) < 4.78 is 18.1. The van der Waals surface area contributed by atoms with Crippen LogP contribution in [-0.2, 0) is 4.74 Å². The van der Waals surface area contributed by atoms with E-state index in [1.54, 1.807) is 12.1 Å². The van der Waals surface area contributed by atoms with Crippen molar-refractivity contribution in [2.24, 2.45) is 5.73 Å². The molecular weight excluding hydrogens is 247 g/mol. The minimum atomic E-state index is -1.52. The number of rotatable bonds is 2. The zero-order valence-corrected chi connectivity index (χ0v) is 9.59. The Morgan fingerprint density at radius 2 is 1.79 bits per heavy atom. The number of hydrogen-bond acceptors (Lipinski definition) is 5. The predicted octanol–water partition coefficient (Wildman–Crippen LogP) is 1.42. The molecule has 2 rings (SSSR count). The van der Waals surface area contributed by atoms with Crippen molar-refractivity contribution in [1.82, 2.24) is 0 Å². The van der Waals surface area contributed by atoms with Gasteiger partial charge in [-0.25, -0.2) is 4.39 Å². The normalized spacial score (nSPS) is 23.6. The van der Waals surface area contributed by atoms with Crippen LogP contribution in [0.15, 0.2) is 35.5 Å². The van der Waals surface area contributed by atoms with Gasteiger partial charge in [0.1, 0.15) is 30.1 Å². The van der Waals surface area contributed by atoms with Crippen LogP contribution in [0, 0.1) is 39.8 Å².